The van der Waals surface area contributed by atoms with Gasteiger partial charge in [-0.05, 0) is 43.9 Å². The SMILES string of the molecule is O=C1CCCC[C@H]1Sc1nc2cc(Cl)ccc2c(=O)n1C1CCCCC1. The molecule has 0 saturated heterocycles. The number of nitrogens with zero attached hydrogens (tertiary/aromatic N) is 2. The van der Waals surface area contributed by atoms with Crippen molar-refractivity contribution in [1.29, 1.82) is 0 Å². The monoisotopic (exact) mass is 390 g/mol. The van der Waals surface area contributed by atoms with Crippen LogP contribution in [0.25, 0.3) is 10.9 Å². The largest absolute Gasteiger partial charge is 0.298 e. The second kappa shape index (κ2) is 7.73. The molecule has 0 radical (unpaired) electrons. The third-order valence-corrected chi connectivity index (χ3v) is 7.03. The van der Waals surface area contributed by atoms with E-state index in [1.165, 1.54) is 18.2 Å². The number of carbonyl (C=O) groups excluding carboxylic acids is 1. The van der Waals surface area contributed by atoms with E-state index in [9.17, 15) is 9.59 Å². The van der Waals surface area contributed by atoms with E-state index in [0.717, 1.165) is 44.9 Å². The summed E-state index contributed by atoms with van der Waals surface area (Å²) in [5.41, 5.74) is 0.629. The first kappa shape index (κ1) is 18.1. The van der Waals surface area contributed by atoms with Gasteiger partial charge in [0.25, 0.3) is 5.56 Å². The lowest BCUT2D eigenvalue weighted by Crippen LogP contribution is -2.30. The van der Waals surface area contributed by atoms with E-state index in [1.807, 2.05) is 4.57 Å². The molecule has 2 aliphatic carbocycles. The highest BCUT2D eigenvalue weighted by atomic mass is 35.5. The van der Waals surface area contributed by atoms with Crippen LogP contribution in [0.4, 0.5) is 0 Å². The number of ketones is 1. The Morgan fingerprint density at radius 3 is 2.58 bits per heavy atom. The summed E-state index contributed by atoms with van der Waals surface area (Å²) in [6.45, 7) is 0. The summed E-state index contributed by atoms with van der Waals surface area (Å²) in [6, 6.07) is 5.45. The van der Waals surface area contributed by atoms with Crippen molar-refractivity contribution in [2.75, 3.05) is 0 Å². The fourth-order valence-electron chi connectivity index (χ4n) is 4.10. The minimum atomic E-state index is -0.0814. The van der Waals surface area contributed by atoms with E-state index >= 15 is 0 Å². The van der Waals surface area contributed by atoms with Gasteiger partial charge >= 0.3 is 0 Å². The predicted molar refractivity (Wildman–Crippen MR) is 106 cm³/mol. The number of aromatic nitrogens is 2. The van der Waals surface area contributed by atoms with E-state index in [4.69, 9.17) is 16.6 Å². The van der Waals surface area contributed by atoms with Gasteiger partial charge in [0.2, 0.25) is 0 Å². The maximum absolute atomic E-state index is 13.3. The third kappa shape index (κ3) is 3.56. The Morgan fingerprint density at radius 2 is 1.81 bits per heavy atom. The molecule has 0 bridgehead atoms. The summed E-state index contributed by atoms with van der Waals surface area (Å²) in [4.78, 5) is 30.4. The maximum Gasteiger partial charge on any atom is 0.262 e. The Morgan fingerprint density at radius 1 is 1.04 bits per heavy atom. The molecule has 1 aromatic heterocycles. The van der Waals surface area contributed by atoms with E-state index in [-0.39, 0.29) is 22.6 Å². The Hall–Kier alpha value is -1.33. The van der Waals surface area contributed by atoms with Gasteiger partial charge in [-0.3, -0.25) is 14.2 Å². The molecule has 1 aromatic carbocycles. The van der Waals surface area contributed by atoms with Crippen LogP contribution in [0.1, 0.15) is 63.8 Å². The molecular formula is C20H23ClN2O2S. The number of Topliss-reactive ketones (excluding diaryl/α,β-unsaturated/α-hetero) is 1. The van der Waals surface area contributed by atoms with Crippen LogP contribution in [0.5, 0.6) is 0 Å². The highest BCUT2D eigenvalue weighted by molar-refractivity contribution is 8.00. The summed E-state index contributed by atoms with van der Waals surface area (Å²) in [5, 5.41) is 1.79. The lowest BCUT2D eigenvalue weighted by Gasteiger charge is -2.28. The molecule has 6 heteroatoms. The first-order valence-electron chi connectivity index (χ1n) is 9.54. The molecule has 1 atom stereocenters. The number of hydrogen-bond donors (Lipinski definition) is 0. The molecule has 2 saturated carbocycles. The second-order valence-corrected chi connectivity index (χ2v) is 8.95. The van der Waals surface area contributed by atoms with Crippen molar-refractivity contribution in [3.8, 4) is 0 Å². The number of rotatable bonds is 3. The zero-order chi connectivity index (χ0) is 18.1. The van der Waals surface area contributed by atoms with Gasteiger partial charge in [0.15, 0.2) is 5.16 Å². The number of carbonyl (C=O) groups is 1. The van der Waals surface area contributed by atoms with Gasteiger partial charge in [-0.15, -0.1) is 0 Å². The molecule has 0 N–H and O–H groups in total. The van der Waals surface area contributed by atoms with Crippen molar-refractivity contribution in [2.45, 2.75) is 74.2 Å². The topological polar surface area (TPSA) is 52.0 Å². The van der Waals surface area contributed by atoms with Crippen LogP contribution in [0.2, 0.25) is 5.02 Å². The predicted octanol–water partition coefficient (Wildman–Crippen LogP) is 5.16. The van der Waals surface area contributed by atoms with E-state index in [0.29, 0.717) is 27.5 Å². The van der Waals surface area contributed by atoms with Gasteiger partial charge in [-0.1, -0.05) is 49.0 Å². The van der Waals surface area contributed by atoms with Crippen LogP contribution in [-0.2, 0) is 4.79 Å². The Kier molecular flexibility index (Phi) is 5.37. The van der Waals surface area contributed by atoms with Crippen LogP contribution in [0.15, 0.2) is 28.2 Å². The Balaban J connectivity index is 1.81. The molecule has 2 fully saturated rings. The van der Waals surface area contributed by atoms with Crippen LogP contribution in [-0.4, -0.2) is 20.6 Å². The van der Waals surface area contributed by atoms with Crippen LogP contribution >= 0.6 is 23.4 Å². The molecule has 0 aliphatic heterocycles. The van der Waals surface area contributed by atoms with Crippen LogP contribution < -0.4 is 5.56 Å². The molecule has 2 aromatic rings. The van der Waals surface area contributed by atoms with Gasteiger partial charge < -0.3 is 0 Å². The summed E-state index contributed by atoms with van der Waals surface area (Å²) in [7, 11) is 0. The van der Waals surface area contributed by atoms with Crippen molar-refractivity contribution in [2.24, 2.45) is 0 Å². The lowest BCUT2D eigenvalue weighted by atomic mass is 9.95. The van der Waals surface area contributed by atoms with Crippen LogP contribution in [0, 0.1) is 0 Å². The number of benzene rings is 1. The average molecular weight is 391 g/mol. The minimum absolute atomic E-state index is 0.00400. The molecule has 0 amide bonds. The minimum Gasteiger partial charge on any atom is -0.298 e. The molecule has 0 spiro atoms. The Bertz CT molecular complexity index is 889. The van der Waals surface area contributed by atoms with Gasteiger partial charge in [-0.2, -0.15) is 0 Å². The smallest absolute Gasteiger partial charge is 0.262 e. The second-order valence-electron chi connectivity index (χ2n) is 7.34. The van der Waals surface area contributed by atoms with Crippen molar-refractivity contribution >= 4 is 40.0 Å². The molecule has 1 heterocycles. The van der Waals surface area contributed by atoms with Gasteiger partial charge in [-0.25, -0.2) is 4.98 Å². The zero-order valence-corrected chi connectivity index (χ0v) is 16.3. The van der Waals surface area contributed by atoms with Crippen LogP contribution in [0.3, 0.4) is 0 Å². The summed E-state index contributed by atoms with van der Waals surface area (Å²) in [6.07, 6.45) is 9.08. The van der Waals surface area contributed by atoms with E-state index in [1.54, 1.807) is 18.2 Å². The number of thioether (sulfide) groups is 1. The summed E-state index contributed by atoms with van der Waals surface area (Å²) in [5.74, 6) is 0.289. The molecule has 0 unspecified atom stereocenters. The highest BCUT2D eigenvalue weighted by Crippen LogP contribution is 2.35. The molecular weight excluding hydrogens is 368 g/mol. The van der Waals surface area contributed by atoms with Crippen molar-refractivity contribution in [3.05, 3.63) is 33.6 Å². The first-order chi connectivity index (χ1) is 12.6. The fraction of sp³-hybridized carbons (Fsp3) is 0.550. The maximum atomic E-state index is 13.3. The highest BCUT2D eigenvalue weighted by Gasteiger charge is 2.28. The van der Waals surface area contributed by atoms with Crippen molar-refractivity contribution in [3.63, 3.8) is 0 Å². The average Bonchev–Trinajstić information content (AvgIpc) is 2.64. The molecule has 26 heavy (non-hydrogen) atoms. The number of fused-ring (bicyclic) bond motifs is 1. The van der Waals surface area contributed by atoms with Gasteiger partial charge in [0.1, 0.15) is 5.78 Å². The quantitative estimate of drug-likeness (QED) is 0.679. The molecule has 2 aliphatic rings. The van der Waals surface area contributed by atoms with Crippen molar-refractivity contribution < 1.29 is 4.79 Å². The number of halogens is 1. The van der Waals surface area contributed by atoms with Crippen molar-refractivity contribution in [1.82, 2.24) is 9.55 Å². The summed E-state index contributed by atoms with van der Waals surface area (Å²) >= 11 is 7.60. The summed E-state index contributed by atoms with van der Waals surface area (Å²) < 4.78 is 1.88. The van der Waals surface area contributed by atoms with E-state index in [2.05, 4.69) is 0 Å². The third-order valence-electron chi connectivity index (χ3n) is 5.52. The van der Waals surface area contributed by atoms with E-state index < -0.39 is 0 Å². The molecule has 138 valence electrons. The lowest BCUT2D eigenvalue weighted by molar-refractivity contribution is -0.119. The zero-order valence-electron chi connectivity index (χ0n) is 14.7. The number of hydrogen-bond acceptors (Lipinski definition) is 4. The first-order valence-corrected chi connectivity index (χ1v) is 10.8. The standard InChI is InChI=1S/C20H23ClN2O2S/c21-13-10-11-15-16(12-13)22-20(26-18-9-5-4-8-17(18)24)23(19(15)25)14-6-2-1-3-7-14/h10-12,14,18H,1-9H2/t18-/m1/s1. The van der Waals surface area contributed by atoms with Gasteiger partial charge in [0, 0.05) is 17.5 Å². The fourth-order valence-corrected chi connectivity index (χ4v) is 5.55. The molecule has 4 rings (SSSR count). The molecule has 4 nitrogen and oxygen atoms in total. The van der Waals surface area contributed by atoms with Gasteiger partial charge in [0.05, 0.1) is 16.2 Å². The Labute approximate surface area is 162 Å². The normalized spacial score (nSPS) is 22.0.